The number of carbonyl (C=O) groups is 2. The van der Waals surface area contributed by atoms with E-state index < -0.39 is 11.9 Å². The van der Waals surface area contributed by atoms with Crippen LogP contribution in [0, 0.1) is 5.92 Å². The van der Waals surface area contributed by atoms with E-state index in [1.54, 1.807) is 0 Å². The Balaban J connectivity index is 0. The van der Waals surface area contributed by atoms with Crippen molar-refractivity contribution in [2.75, 3.05) is 0 Å². The lowest BCUT2D eigenvalue weighted by atomic mass is 10.0. The van der Waals surface area contributed by atoms with Gasteiger partial charge in [0.05, 0.1) is 0 Å². The first-order chi connectivity index (χ1) is 9.40. The SMILES string of the molecule is CC(C)CCCCCC(=O)O.CCCCCCC(=O)O. The van der Waals surface area contributed by atoms with Crippen molar-refractivity contribution in [3.05, 3.63) is 0 Å². The molecule has 0 unspecified atom stereocenters. The molecule has 0 aliphatic rings. The fourth-order valence-corrected chi connectivity index (χ4v) is 1.71. The Bertz CT molecular complexity index is 237. The Kier molecular flexibility index (Phi) is 17.0. The summed E-state index contributed by atoms with van der Waals surface area (Å²) < 4.78 is 0. The van der Waals surface area contributed by atoms with Crippen molar-refractivity contribution in [3.8, 4) is 0 Å². The maximum absolute atomic E-state index is 10.1. The van der Waals surface area contributed by atoms with Crippen molar-refractivity contribution in [3.63, 3.8) is 0 Å². The summed E-state index contributed by atoms with van der Waals surface area (Å²) in [5, 5.41) is 16.5. The first-order valence-electron chi connectivity index (χ1n) is 7.83. The molecule has 0 aliphatic carbocycles. The zero-order valence-corrected chi connectivity index (χ0v) is 13.4. The van der Waals surface area contributed by atoms with Gasteiger partial charge in [-0.2, -0.15) is 0 Å². The first-order valence-corrected chi connectivity index (χ1v) is 7.83. The summed E-state index contributed by atoms with van der Waals surface area (Å²) in [6, 6.07) is 0. The van der Waals surface area contributed by atoms with Crippen LogP contribution in [0.2, 0.25) is 0 Å². The van der Waals surface area contributed by atoms with Gasteiger partial charge in [0.2, 0.25) is 0 Å². The molecule has 0 rings (SSSR count). The summed E-state index contributed by atoms with van der Waals surface area (Å²) in [5.74, 6) is -0.597. The molecule has 0 radical (unpaired) electrons. The second-order valence-electron chi connectivity index (χ2n) is 5.59. The Morgan fingerprint density at radius 2 is 1.25 bits per heavy atom. The lowest BCUT2D eigenvalue weighted by molar-refractivity contribution is -0.138. The third-order valence-corrected chi connectivity index (χ3v) is 2.92. The molecule has 0 aromatic rings. The van der Waals surface area contributed by atoms with Gasteiger partial charge in [-0.15, -0.1) is 0 Å². The molecular weight excluding hydrogens is 256 g/mol. The standard InChI is InChI=1S/C9H18O2.C7H14O2/c1-8(2)6-4-3-5-7-9(10)11;1-2-3-4-5-6-7(8)9/h8H,3-7H2,1-2H3,(H,10,11);2-6H2,1H3,(H,8,9). The smallest absolute Gasteiger partial charge is 0.303 e. The molecule has 0 aromatic carbocycles. The van der Waals surface area contributed by atoms with Crippen LogP contribution in [0.5, 0.6) is 0 Å². The average Bonchev–Trinajstić information content (AvgIpc) is 2.34. The number of unbranched alkanes of at least 4 members (excludes halogenated alkanes) is 5. The van der Waals surface area contributed by atoms with Crippen molar-refractivity contribution in [1.29, 1.82) is 0 Å². The van der Waals surface area contributed by atoms with Crippen LogP contribution in [-0.4, -0.2) is 22.2 Å². The van der Waals surface area contributed by atoms with E-state index >= 15 is 0 Å². The van der Waals surface area contributed by atoms with Gasteiger partial charge in [0, 0.05) is 12.8 Å². The van der Waals surface area contributed by atoms with E-state index in [4.69, 9.17) is 10.2 Å². The molecule has 0 spiro atoms. The van der Waals surface area contributed by atoms with Gasteiger partial charge in [-0.1, -0.05) is 59.3 Å². The summed E-state index contributed by atoms with van der Waals surface area (Å²) in [7, 11) is 0. The van der Waals surface area contributed by atoms with E-state index in [0.717, 1.165) is 38.0 Å². The molecule has 4 heteroatoms. The Morgan fingerprint density at radius 1 is 0.800 bits per heavy atom. The largest absolute Gasteiger partial charge is 0.481 e. The number of aliphatic carboxylic acids is 2. The van der Waals surface area contributed by atoms with Crippen molar-refractivity contribution >= 4 is 11.9 Å². The van der Waals surface area contributed by atoms with Crippen LogP contribution in [0.1, 0.15) is 85.0 Å². The summed E-state index contributed by atoms with van der Waals surface area (Å²) in [6.07, 6.45) is 9.17. The van der Waals surface area contributed by atoms with E-state index in [9.17, 15) is 9.59 Å². The van der Waals surface area contributed by atoms with Crippen molar-refractivity contribution < 1.29 is 19.8 Å². The number of carboxylic acids is 2. The molecule has 0 fully saturated rings. The van der Waals surface area contributed by atoms with Crippen LogP contribution in [-0.2, 0) is 9.59 Å². The molecule has 2 N–H and O–H groups in total. The van der Waals surface area contributed by atoms with E-state index in [1.165, 1.54) is 19.3 Å². The predicted molar refractivity (Wildman–Crippen MR) is 82.0 cm³/mol. The third kappa shape index (κ3) is 25.7. The maximum atomic E-state index is 10.1. The minimum atomic E-state index is -0.675. The Labute approximate surface area is 123 Å². The van der Waals surface area contributed by atoms with Crippen molar-refractivity contribution in [1.82, 2.24) is 0 Å². The minimum Gasteiger partial charge on any atom is -0.481 e. The van der Waals surface area contributed by atoms with Crippen molar-refractivity contribution in [2.24, 2.45) is 5.92 Å². The number of hydrogen-bond acceptors (Lipinski definition) is 2. The molecule has 0 atom stereocenters. The van der Waals surface area contributed by atoms with Crippen LogP contribution in [0.15, 0.2) is 0 Å². The quantitative estimate of drug-likeness (QED) is 0.539. The third-order valence-electron chi connectivity index (χ3n) is 2.92. The monoisotopic (exact) mass is 288 g/mol. The van der Waals surface area contributed by atoms with Crippen molar-refractivity contribution in [2.45, 2.75) is 85.0 Å². The van der Waals surface area contributed by atoms with Gasteiger partial charge in [0.1, 0.15) is 0 Å². The first kappa shape index (κ1) is 21.2. The van der Waals surface area contributed by atoms with Crippen LogP contribution in [0.3, 0.4) is 0 Å². The van der Waals surface area contributed by atoms with Crippen LogP contribution in [0.25, 0.3) is 0 Å². The number of carboxylic acid groups (broad SMARTS) is 2. The highest BCUT2D eigenvalue weighted by Crippen LogP contribution is 2.09. The predicted octanol–water partition coefficient (Wildman–Crippen LogP) is 4.72. The van der Waals surface area contributed by atoms with E-state index in [2.05, 4.69) is 20.8 Å². The fourth-order valence-electron chi connectivity index (χ4n) is 1.71. The van der Waals surface area contributed by atoms with Gasteiger partial charge in [-0.25, -0.2) is 0 Å². The van der Waals surface area contributed by atoms with Gasteiger partial charge in [0.25, 0.3) is 0 Å². The zero-order valence-electron chi connectivity index (χ0n) is 13.4. The van der Waals surface area contributed by atoms with Crippen LogP contribution >= 0.6 is 0 Å². The lowest BCUT2D eigenvalue weighted by Crippen LogP contribution is -1.94. The normalized spacial score (nSPS) is 10.0. The van der Waals surface area contributed by atoms with Gasteiger partial charge in [-0.05, 0) is 18.8 Å². The second kappa shape index (κ2) is 16.0. The minimum absolute atomic E-state index is 0.331. The summed E-state index contributed by atoms with van der Waals surface area (Å²) in [4.78, 5) is 20.1. The highest BCUT2D eigenvalue weighted by molar-refractivity contribution is 5.66. The molecular formula is C16H32O4. The molecule has 0 aromatic heterocycles. The number of hydrogen-bond donors (Lipinski definition) is 2. The van der Waals surface area contributed by atoms with Gasteiger partial charge in [-0.3, -0.25) is 9.59 Å². The maximum Gasteiger partial charge on any atom is 0.303 e. The molecule has 0 bridgehead atoms. The topological polar surface area (TPSA) is 74.6 Å². The molecule has 0 aliphatic heterocycles. The lowest BCUT2D eigenvalue weighted by Gasteiger charge is -2.02. The van der Waals surface area contributed by atoms with Crippen LogP contribution in [0.4, 0.5) is 0 Å². The Morgan fingerprint density at radius 3 is 1.60 bits per heavy atom. The van der Waals surface area contributed by atoms with E-state index in [0.29, 0.717) is 12.8 Å². The zero-order chi connectivity index (χ0) is 15.8. The van der Waals surface area contributed by atoms with Crippen LogP contribution < -0.4 is 0 Å². The van der Waals surface area contributed by atoms with E-state index in [-0.39, 0.29) is 0 Å². The Hall–Kier alpha value is -1.06. The summed E-state index contributed by atoms with van der Waals surface area (Å²) in [6.45, 7) is 6.50. The molecule has 0 heterocycles. The summed E-state index contributed by atoms with van der Waals surface area (Å²) >= 11 is 0. The molecule has 0 amide bonds. The van der Waals surface area contributed by atoms with Gasteiger partial charge >= 0.3 is 11.9 Å². The molecule has 4 nitrogen and oxygen atoms in total. The highest BCUT2D eigenvalue weighted by atomic mass is 16.4. The molecule has 0 saturated heterocycles. The fraction of sp³-hybridized carbons (Fsp3) is 0.875. The average molecular weight is 288 g/mol. The van der Waals surface area contributed by atoms with E-state index in [1.807, 2.05) is 0 Å². The second-order valence-corrected chi connectivity index (χ2v) is 5.59. The molecule has 120 valence electrons. The highest BCUT2D eigenvalue weighted by Gasteiger charge is 1.97. The van der Waals surface area contributed by atoms with Gasteiger partial charge < -0.3 is 10.2 Å². The molecule has 0 saturated carbocycles. The molecule has 20 heavy (non-hydrogen) atoms. The van der Waals surface area contributed by atoms with Gasteiger partial charge in [0.15, 0.2) is 0 Å². The summed E-state index contributed by atoms with van der Waals surface area (Å²) in [5.41, 5.74) is 0. The number of rotatable bonds is 11.